The Hall–Kier alpha value is -2.17. The van der Waals surface area contributed by atoms with E-state index in [4.69, 9.17) is 20.9 Å². The lowest BCUT2D eigenvalue weighted by atomic mass is 9.38. The average Bonchev–Trinajstić information content (AvgIpc) is 3.10. The highest BCUT2D eigenvalue weighted by Crippen LogP contribution is 2.68. The van der Waals surface area contributed by atoms with Crippen LogP contribution in [0.5, 0.6) is 0 Å². The maximum atomic E-state index is 13.7. The SMILES string of the molecule is O=C(COC1(OC(F)(F)F)CCC1)NC12CC(c3cc(-c4ccc(Cl)c(F)c4)no3)(C1)C2. The number of hydrogen-bond donors (Lipinski definition) is 1. The van der Waals surface area contributed by atoms with Crippen molar-refractivity contribution in [2.75, 3.05) is 6.61 Å². The molecule has 32 heavy (non-hydrogen) atoms. The van der Waals surface area contributed by atoms with Crippen LogP contribution in [0.4, 0.5) is 17.6 Å². The van der Waals surface area contributed by atoms with Gasteiger partial charge >= 0.3 is 6.36 Å². The zero-order valence-corrected chi connectivity index (χ0v) is 17.5. The second kappa shape index (κ2) is 7.16. The lowest BCUT2D eigenvalue weighted by molar-refractivity contribution is -0.432. The molecule has 1 N–H and O–H groups in total. The first-order valence-corrected chi connectivity index (χ1v) is 10.5. The molecule has 4 aliphatic rings. The quantitative estimate of drug-likeness (QED) is 0.458. The molecule has 11 heteroatoms. The van der Waals surface area contributed by atoms with Crippen molar-refractivity contribution in [1.82, 2.24) is 10.5 Å². The third kappa shape index (κ3) is 3.78. The summed E-state index contributed by atoms with van der Waals surface area (Å²) in [4.78, 5) is 12.3. The van der Waals surface area contributed by atoms with Gasteiger partial charge in [-0.1, -0.05) is 22.8 Å². The first kappa shape index (κ1) is 21.7. The third-order valence-corrected chi connectivity index (χ3v) is 6.87. The summed E-state index contributed by atoms with van der Waals surface area (Å²) in [6.07, 6.45) is -2.20. The summed E-state index contributed by atoms with van der Waals surface area (Å²) in [5.41, 5.74) is 0.359. The fraction of sp³-hybridized carbons (Fsp3) is 0.524. The number of hydrogen-bond acceptors (Lipinski definition) is 5. The van der Waals surface area contributed by atoms with E-state index in [0.29, 0.717) is 42.7 Å². The normalized spacial score (nSPS) is 27.8. The molecule has 4 saturated carbocycles. The fourth-order valence-electron chi connectivity index (χ4n) is 4.98. The Morgan fingerprint density at radius 2 is 1.94 bits per heavy atom. The number of aromatic nitrogens is 1. The van der Waals surface area contributed by atoms with Crippen LogP contribution < -0.4 is 5.32 Å². The maximum absolute atomic E-state index is 13.7. The highest BCUT2D eigenvalue weighted by molar-refractivity contribution is 6.30. The second-order valence-corrected chi connectivity index (χ2v) is 9.35. The van der Waals surface area contributed by atoms with Crippen molar-refractivity contribution in [3.63, 3.8) is 0 Å². The number of benzene rings is 1. The van der Waals surface area contributed by atoms with E-state index in [-0.39, 0.29) is 23.3 Å². The molecule has 0 unspecified atom stereocenters. The van der Waals surface area contributed by atoms with Crippen molar-refractivity contribution in [3.05, 3.63) is 40.9 Å². The first-order valence-electron chi connectivity index (χ1n) is 10.2. The Kier molecular flexibility index (Phi) is 4.85. The number of nitrogens with one attached hydrogen (secondary N) is 1. The molecule has 172 valence electrons. The molecule has 0 radical (unpaired) electrons. The molecule has 4 aliphatic carbocycles. The van der Waals surface area contributed by atoms with E-state index in [9.17, 15) is 22.4 Å². The molecule has 1 aromatic carbocycles. The fourth-order valence-corrected chi connectivity index (χ4v) is 5.10. The zero-order chi connectivity index (χ0) is 22.8. The summed E-state index contributed by atoms with van der Waals surface area (Å²) in [6, 6.07) is 6.13. The van der Waals surface area contributed by atoms with Crippen LogP contribution in [-0.2, 0) is 19.7 Å². The van der Waals surface area contributed by atoms with Gasteiger partial charge in [0.25, 0.3) is 0 Å². The van der Waals surface area contributed by atoms with Crippen molar-refractivity contribution in [2.45, 2.75) is 61.6 Å². The van der Waals surface area contributed by atoms with Gasteiger partial charge in [-0.25, -0.2) is 4.39 Å². The molecule has 1 amide bonds. The van der Waals surface area contributed by atoms with Crippen LogP contribution in [0.2, 0.25) is 5.02 Å². The summed E-state index contributed by atoms with van der Waals surface area (Å²) in [6.45, 7) is -0.501. The number of carbonyl (C=O) groups excluding carboxylic acids is 1. The van der Waals surface area contributed by atoms with Crippen LogP contribution in [0, 0.1) is 5.82 Å². The van der Waals surface area contributed by atoms with E-state index in [0.717, 1.165) is 0 Å². The van der Waals surface area contributed by atoms with Gasteiger partial charge < -0.3 is 14.6 Å². The van der Waals surface area contributed by atoms with Crippen molar-refractivity contribution < 1.29 is 36.4 Å². The van der Waals surface area contributed by atoms with Crippen molar-refractivity contribution in [3.8, 4) is 11.3 Å². The Morgan fingerprint density at radius 3 is 2.53 bits per heavy atom. The van der Waals surface area contributed by atoms with Crippen molar-refractivity contribution in [1.29, 1.82) is 0 Å². The number of ether oxygens (including phenoxy) is 2. The van der Waals surface area contributed by atoms with Crippen molar-refractivity contribution in [2.24, 2.45) is 0 Å². The molecule has 2 aromatic rings. The van der Waals surface area contributed by atoms with E-state index < -0.39 is 36.0 Å². The minimum atomic E-state index is -4.81. The Balaban J connectivity index is 1.15. The van der Waals surface area contributed by atoms with E-state index in [1.165, 1.54) is 12.1 Å². The predicted molar refractivity (Wildman–Crippen MR) is 103 cm³/mol. The molecule has 4 fully saturated rings. The van der Waals surface area contributed by atoms with Crippen LogP contribution in [0.25, 0.3) is 11.3 Å². The average molecular weight is 475 g/mol. The minimum absolute atomic E-state index is 0.0201. The van der Waals surface area contributed by atoms with Gasteiger partial charge in [0, 0.05) is 35.4 Å². The van der Waals surface area contributed by atoms with Gasteiger partial charge in [-0.05, 0) is 37.8 Å². The minimum Gasteiger partial charge on any atom is -0.360 e. The second-order valence-electron chi connectivity index (χ2n) is 8.95. The molecule has 6 nitrogen and oxygen atoms in total. The molecule has 1 aromatic heterocycles. The topological polar surface area (TPSA) is 73.6 Å². The molecule has 1 heterocycles. The summed E-state index contributed by atoms with van der Waals surface area (Å²) in [5, 5.41) is 6.90. The van der Waals surface area contributed by atoms with Gasteiger partial charge in [0.2, 0.25) is 5.91 Å². The van der Waals surface area contributed by atoms with Crippen LogP contribution in [0.3, 0.4) is 0 Å². The third-order valence-electron chi connectivity index (χ3n) is 6.57. The van der Waals surface area contributed by atoms with E-state index in [1.807, 2.05) is 0 Å². The molecule has 0 saturated heterocycles. The Bertz CT molecular complexity index is 1050. The van der Waals surface area contributed by atoms with Gasteiger partial charge in [-0.3, -0.25) is 9.53 Å². The Morgan fingerprint density at radius 1 is 1.22 bits per heavy atom. The number of amides is 1. The molecular weight excluding hydrogens is 456 g/mol. The molecule has 0 aliphatic heterocycles. The first-order chi connectivity index (χ1) is 15.0. The Labute approximate surface area is 185 Å². The van der Waals surface area contributed by atoms with Gasteiger partial charge in [-0.2, -0.15) is 0 Å². The van der Waals surface area contributed by atoms with Gasteiger partial charge in [0.05, 0.1) is 5.02 Å². The standard InChI is InChI=1S/C21H19ClF4N2O4/c22-13-3-2-12(6-14(13)23)15-7-16(31-28-15)18-9-19(10-18,11-18)27-17(29)8-30-20(4-1-5-20)32-21(24,25)26/h2-3,6-7H,1,4-5,8-11H2,(H,27,29). The molecule has 6 rings (SSSR count). The summed E-state index contributed by atoms with van der Waals surface area (Å²) in [7, 11) is 0. The van der Waals surface area contributed by atoms with E-state index >= 15 is 0 Å². The largest absolute Gasteiger partial charge is 0.524 e. The monoisotopic (exact) mass is 474 g/mol. The summed E-state index contributed by atoms with van der Waals surface area (Å²) >= 11 is 5.71. The summed E-state index contributed by atoms with van der Waals surface area (Å²) in [5.74, 6) is -2.13. The van der Waals surface area contributed by atoms with Gasteiger partial charge in [-0.15, -0.1) is 13.2 Å². The smallest absolute Gasteiger partial charge is 0.360 e. The van der Waals surface area contributed by atoms with Gasteiger partial charge in [0.15, 0.2) is 5.79 Å². The molecule has 0 spiro atoms. The van der Waals surface area contributed by atoms with Crippen LogP contribution in [0.1, 0.15) is 44.3 Å². The maximum Gasteiger partial charge on any atom is 0.524 e. The van der Waals surface area contributed by atoms with E-state index in [1.54, 1.807) is 12.1 Å². The molecular formula is C21H19ClF4N2O4. The molecule has 0 atom stereocenters. The number of nitrogens with zero attached hydrogens (tertiary/aromatic N) is 1. The lowest BCUT2D eigenvalue weighted by Gasteiger charge is -2.69. The van der Waals surface area contributed by atoms with E-state index in [2.05, 4.69) is 15.2 Å². The predicted octanol–water partition coefficient (Wildman–Crippen LogP) is 4.86. The highest BCUT2D eigenvalue weighted by Gasteiger charge is 2.71. The number of halogens is 5. The summed E-state index contributed by atoms with van der Waals surface area (Å²) < 4.78 is 66.1. The van der Waals surface area contributed by atoms with Gasteiger partial charge in [0.1, 0.15) is 23.9 Å². The zero-order valence-electron chi connectivity index (χ0n) is 16.7. The molecule has 2 bridgehead atoms. The van der Waals surface area contributed by atoms with Crippen LogP contribution in [0.15, 0.2) is 28.8 Å². The number of carbonyl (C=O) groups is 1. The lowest BCUT2D eigenvalue weighted by Crippen LogP contribution is -2.77. The van der Waals surface area contributed by atoms with Crippen LogP contribution >= 0.6 is 11.6 Å². The van der Waals surface area contributed by atoms with Crippen LogP contribution in [-0.4, -0.2) is 35.4 Å². The number of rotatable bonds is 7. The van der Waals surface area contributed by atoms with Crippen molar-refractivity contribution >= 4 is 17.5 Å². The highest BCUT2D eigenvalue weighted by atomic mass is 35.5. The number of alkyl halides is 3.